The third-order valence-corrected chi connectivity index (χ3v) is 3.25. The van der Waals surface area contributed by atoms with Gasteiger partial charge in [0.05, 0.1) is 12.3 Å². The summed E-state index contributed by atoms with van der Waals surface area (Å²) in [6.07, 6.45) is 0.613. The van der Waals surface area contributed by atoms with Gasteiger partial charge >= 0.3 is 0 Å². The van der Waals surface area contributed by atoms with Crippen molar-refractivity contribution in [3.63, 3.8) is 0 Å². The van der Waals surface area contributed by atoms with Crippen molar-refractivity contribution in [2.75, 3.05) is 13.2 Å². The second-order valence-corrected chi connectivity index (χ2v) is 4.44. The van der Waals surface area contributed by atoms with Gasteiger partial charge in [0.2, 0.25) is 0 Å². The van der Waals surface area contributed by atoms with Gasteiger partial charge in [-0.1, -0.05) is 12.1 Å². The molecule has 0 aliphatic carbocycles. The maximum atomic E-state index is 8.86. The Bertz CT molecular complexity index is 482. The molecule has 0 radical (unpaired) electrons. The van der Waals surface area contributed by atoms with Crippen LogP contribution in [0.2, 0.25) is 0 Å². The molecule has 1 aromatic heterocycles. The molecule has 0 atom stereocenters. The molecule has 0 aliphatic heterocycles. The highest BCUT2D eigenvalue weighted by molar-refractivity contribution is 7.13. The summed E-state index contributed by atoms with van der Waals surface area (Å²) in [5.41, 5.74) is 2.00. The van der Waals surface area contributed by atoms with Gasteiger partial charge in [-0.2, -0.15) is 0 Å². The van der Waals surface area contributed by atoms with Crippen LogP contribution in [0, 0.1) is 0 Å². The summed E-state index contributed by atoms with van der Waals surface area (Å²) in [6, 6.07) is 7.91. The molecule has 0 spiro atoms. The summed E-state index contributed by atoms with van der Waals surface area (Å²) in [5, 5.41) is 11.8. The molecule has 0 saturated heterocycles. The first kappa shape index (κ1) is 12.1. The third kappa shape index (κ3) is 3.05. The average molecular weight is 249 g/mol. The minimum Gasteiger partial charge on any atom is -0.494 e. The number of aliphatic hydroxyl groups is 1. The van der Waals surface area contributed by atoms with Crippen LogP contribution in [0.15, 0.2) is 29.6 Å². The summed E-state index contributed by atoms with van der Waals surface area (Å²) in [6.45, 7) is 2.77. The van der Waals surface area contributed by atoms with Gasteiger partial charge in [-0.15, -0.1) is 11.3 Å². The number of benzene rings is 1. The van der Waals surface area contributed by atoms with Crippen LogP contribution >= 0.6 is 11.3 Å². The Morgan fingerprint density at radius 1 is 1.41 bits per heavy atom. The zero-order chi connectivity index (χ0) is 12.1. The van der Waals surface area contributed by atoms with E-state index in [1.54, 1.807) is 11.3 Å². The van der Waals surface area contributed by atoms with Gasteiger partial charge in [-0.25, -0.2) is 4.98 Å². The molecule has 2 rings (SSSR count). The number of aromatic nitrogens is 1. The number of thiazole rings is 1. The Labute approximate surface area is 105 Å². The topological polar surface area (TPSA) is 42.4 Å². The summed E-state index contributed by atoms with van der Waals surface area (Å²) < 4.78 is 5.46. The van der Waals surface area contributed by atoms with Crippen molar-refractivity contribution >= 4 is 11.3 Å². The van der Waals surface area contributed by atoms with E-state index < -0.39 is 0 Å². The van der Waals surface area contributed by atoms with Gasteiger partial charge in [0, 0.05) is 24.0 Å². The van der Waals surface area contributed by atoms with E-state index in [4.69, 9.17) is 9.84 Å². The van der Waals surface area contributed by atoms with Crippen molar-refractivity contribution in [1.82, 2.24) is 4.98 Å². The molecule has 90 valence electrons. The number of nitrogens with zero attached hydrogens (tertiary/aromatic N) is 1. The van der Waals surface area contributed by atoms with E-state index in [0.29, 0.717) is 13.0 Å². The van der Waals surface area contributed by atoms with Crippen molar-refractivity contribution in [2.24, 2.45) is 0 Å². The second kappa shape index (κ2) is 5.80. The fourth-order valence-electron chi connectivity index (χ4n) is 1.55. The predicted molar refractivity (Wildman–Crippen MR) is 69.5 cm³/mol. The normalized spacial score (nSPS) is 10.5. The molecule has 1 heterocycles. The number of rotatable bonds is 5. The minimum atomic E-state index is 0.141. The van der Waals surface area contributed by atoms with Crippen LogP contribution in [0.4, 0.5) is 0 Å². The van der Waals surface area contributed by atoms with Crippen LogP contribution in [0.1, 0.15) is 12.6 Å². The van der Waals surface area contributed by atoms with Crippen molar-refractivity contribution in [3.05, 3.63) is 35.3 Å². The van der Waals surface area contributed by atoms with Crippen molar-refractivity contribution < 1.29 is 9.84 Å². The van der Waals surface area contributed by atoms with Gasteiger partial charge in [-0.3, -0.25) is 0 Å². The maximum Gasteiger partial charge on any atom is 0.123 e. The van der Waals surface area contributed by atoms with E-state index >= 15 is 0 Å². The minimum absolute atomic E-state index is 0.141. The van der Waals surface area contributed by atoms with Crippen LogP contribution in [0.3, 0.4) is 0 Å². The molecule has 2 aromatic rings. The fraction of sp³-hybridized carbons (Fsp3) is 0.308. The van der Waals surface area contributed by atoms with Gasteiger partial charge in [-0.05, 0) is 19.1 Å². The molecule has 0 unspecified atom stereocenters. The molecule has 1 N–H and O–H groups in total. The zero-order valence-corrected chi connectivity index (χ0v) is 10.5. The Balaban J connectivity index is 2.22. The first-order chi connectivity index (χ1) is 8.33. The van der Waals surface area contributed by atoms with Crippen molar-refractivity contribution in [2.45, 2.75) is 13.3 Å². The molecule has 0 amide bonds. The fourth-order valence-corrected chi connectivity index (χ4v) is 2.41. The lowest BCUT2D eigenvalue weighted by Crippen LogP contribution is -1.92. The first-order valence-corrected chi connectivity index (χ1v) is 6.50. The van der Waals surface area contributed by atoms with E-state index in [9.17, 15) is 0 Å². The molecule has 3 nitrogen and oxygen atoms in total. The predicted octanol–water partition coefficient (Wildman–Crippen LogP) is 2.74. The van der Waals surface area contributed by atoms with Crippen LogP contribution in [-0.4, -0.2) is 23.3 Å². The summed E-state index contributed by atoms with van der Waals surface area (Å²) in [7, 11) is 0. The lowest BCUT2D eigenvalue weighted by molar-refractivity contribution is 0.298. The Kier molecular flexibility index (Phi) is 4.12. The molecule has 0 bridgehead atoms. The molecule has 1 aromatic carbocycles. The van der Waals surface area contributed by atoms with E-state index in [-0.39, 0.29) is 6.61 Å². The highest BCUT2D eigenvalue weighted by Crippen LogP contribution is 2.27. The smallest absolute Gasteiger partial charge is 0.123 e. The molecule has 0 saturated carbocycles. The van der Waals surface area contributed by atoms with Crippen molar-refractivity contribution in [3.8, 4) is 16.3 Å². The lowest BCUT2D eigenvalue weighted by Gasteiger charge is -2.03. The van der Waals surface area contributed by atoms with Crippen LogP contribution < -0.4 is 4.74 Å². The molecule has 0 aliphatic rings. The standard InChI is InChI=1S/C13H15NO2S/c1-2-16-12-5-3-4-10(8-12)13-14-11(6-7-15)9-17-13/h3-5,8-9,15H,2,6-7H2,1H3. The third-order valence-electron chi connectivity index (χ3n) is 2.31. The Hall–Kier alpha value is -1.39. The molecule has 0 fully saturated rings. The van der Waals surface area contributed by atoms with Gasteiger partial charge in [0.25, 0.3) is 0 Å². The number of aliphatic hydroxyl groups excluding tert-OH is 1. The molecular formula is C13H15NO2S. The highest BCUT2D eigenvalue weighted by atomic mass is 32.1. The van der Waals surface area contributed by atoms with E-state index in [0.717, 1.165) is 22.0 Å². The van der Waals surface area contributed by atoms with Crippen molar-refractivity contribution in [1.29, 1.82) is 0 Å². The number of hydrogen-bond donors (Lipinski definition) is 1. The summed E-state index contributed by atoms with van der Waals surface area (Å²) in [5.74, 6) is 0.865. The maximum absolute atomic E-state index is 8.86. The number of hydrogen-bond acceptors (Lipinski definition) is 4. The van der Waals surface area contributed by atoms with E-state index in [1.807, 2.05) is 36.6 Å². The highest BCUT2D eigenvalue weighted by Gasteiger charge is 2.05. The van der Waals surface area contributed by atoms with Gasteiger partial charge in [0.15, 0.2) is 0 Å². The second-order valence-electron chi connectivity index (χ2n) is 3.58. The summed E-state index contributed by atoms with van der Waals surface area (Å²) in [4.78, 5) is 4.47. The lowest BCUT2D eigenvalue weighted by atomic mass is 10.2. The van der Waals surface area contributed by atoms with E-state index in [1.165, 1.54) is 0 Å². The Morgan fingerprint density at radius 2 is 2.29 bits per heavy atom. The Morgan fingerprint density at radius 3 is 3.06 bits per heavy atom. The summed E-state index contributed by atoms with van der Waals surface area (Å²) >= 11 is 1.59. The average Bonchev–Trinajstić information content (AvgIpc) is 2.79. The monoisotopic (exact) mass is 249 g/mol. The first-order valence-electron chi connectivity index (χ1n) is 5.62. The van der Waals surface area contributed by atoms with Crippen LogP contribution in [-0.2, 0) is 6.42 Å². The quantitative estimate of drug-likeness (QED) is 0.886. The number of ether oxygens (including phenoxy) is 1. The van der Waals surface area contributed by atoms with Gasteiger partial charge in [0.1, 0.15) is 10.8 Å². The molecular weight excluding hydrogens is 234 g/mol. The molecule has 17 heavy (non-hydrogen) atoms. The zero-order valence-electron chi connectivity index (χ0n) is 9.72. The van der Waals surface area contributed by atoms with Crippen LogP contribution in [0.5, 0.6) is 5.75 Å². The largest absolute Gasteiger partial charge is 0.494 e. The van der Waals surface area contributed by atoms with Gasteiger partial charge < -0.3 is 9.84 Å². The van der Waals surface area contributed by atoms with Crippen LogP contribution in [0.25, 0.3) is 10.6 Å². The SMILES string of the molecule is CCOc1cccc(-c2nc(CCO)cs2)c1. The van der Waals surface area contributed by atoms with E-state index in [2.05, 4.69) is 4.98 Å². The molecule has 4 heteroatoms.